The summed E-state index contributed by atoms with van der Waals surface area (Å²) in [6, 6.07) is 65.4. The fourth-order valence-electron chi connectivity index (χ4n) is 9.73. The Bertz CT molecular complexity index is 3510. The fraction of sp³-hybridized carbons (Fsp3) is 0.0377. The van der Waals surface area contributed by atoms with Crippen LogP contribution < -0.4 is 0 Å². The Morgan fingerprint density at radius 3 is 1.58 bits per heavy atom. The average molecular weight is 699 g/mol. The van der Waals surface area contributed by atoms with Gasteiger partial charge in [-0.2, -0.15) is 0 Å². The Balaban J connectivity index is 1.11. The summed E-state index contributed by atoms with van der Waals surface area (Å²) in [4.78, 5) is 5.02. The third-order valence-corrected chi connectivity index (χ3v) is 12.1. The molecule has 0 aliphatic carbocycles. The van der Waals surface area contributed by atoms with Gasteiger partial charge < -0.3 is 4.57 Å². The summed E-state index contributed by atoms with van der Waals surface area (Å²) in [6.45, 7) is 3.06. The van der Waals surface area contributed by atoms with Crippen molar-refractivity contribution in [2.45, 2.75) is 13.5 Å². The van der Waals surface area contributed by atoms with Crippen molar-refractivity contribution < 1.29 is 0 Å². The van der Waals surface area contributed by atoms with Crippen molar-refractivity contribution in [2.75, 3.05) is 0 Å². The zero-order chi connectivity index (χ0) is 36.2. The first-order chi connectivity index (χ1) is 27.2. The van der Waals surface area contributed by atoms with E-state index in [9.17, 15) is 0 Å². The van der Waals surface area contributed by atoms with Crippen molar-refractivity contribution in [1.82, 2.24) is 9.55 Å². The van der Waals surface area contributed by atoms with Gasteiger partial charge in [0.15, 0.2) is 0 Å². The van der Waals surface area contributed by atoms with E-state index in [1.807, 2.05) is 0 Å². The zero-order valence-corrected chi connectivity index (χ0v) is 30.3. The van der Waals surface area contributed by atoms with Gasteiger partial charge in [-0.3, -0.25) is 0 Å². The molecule has 2 nitrogen and oxygen atoms in total. The Labute approximate surface area is 317 Å². The molecule has 0 N–H and O–H groups in total. The van der Waals surface area contributed by atoms with Crippen LogP contribution in [0.5, 0.6) is 0 Å². The van der Waals surface area contributed by atoms with Crippen LogP contribution in [-0.4, -0.2) is 9.55 Å². The summed E-state index contributed by atoms with van der Waals surface area (Å²) >= 11 is 0. The van der Waals surface area contributed by atoms with E-state index in [1.54, 1.807) is 0 Å². The Morgan fingerprint density at radius 1 is 0.382 bits per heavy atom. The molecule has 2 heteroatoms. The molecule has 0 aliphatic rings. The number of para-hydroxylation sites is 2. The lowest BCUT2D eigenvalue weighted by Crippen LogP contribution is -1.97. The van der Waals surface area contributed by atoms with Crippen molar-refractivity contribution in [3.63, 3.8) is 0 Å². The minimum absolute atomic E-state index is 0.870. The van der Waals surface area contributed by atoms with E-state index in [-0.39, 0.29) is 0 Å². The van der Waals surface area contributed by atoms with Crippen LogP contribution >= 0.6 is 0 Å². The molecular formula is C53H34N2. The third kappa shape index (κ3) is 4.28. The van der Waals surface area contributed by atoms with E-state index < -0.39 is 0 Å². The maximum atomic E-state index is 5.02. The molecule has 0 bridgehead atoms. The molecule has 12 rings (SSSR count). The molecule has 0 spiro atoms. The number of aryl methyl sites for hydroxylation is 1. The highest BCUT2D eigenvalue weighted by atomic mass is 15.1. The topological polar surface area (TPSA) is 17.8 Å². The molecule has 55 heavy (non-hydrogen) atoms. The van der Waals surface area contributed by atoms with Gasteiger partial charge in [-0.1, -0.05) is 158 Å². The van der Waals surface area contributed by atoms with Gasteiger partial charge >= 0.3 is 0 Å². The monoisotopic (exact) mass is 698 g/mol. The minimum Gasteiger partial charge on any atom is -0.324 e. The molecule has 0 saturated heterocycles. The predicted octanol–water partition coefficient (Wildman–Crippen LogP) is 14.6. The van der Waals surface area contributed by atoms with Crippen molar-refractivity contribution in [2.24, 2.45) is 0 Å². The highest BCUT2D eigenvalue weighted by molar-refractivity contribution is 6.38. The molecule has 256 valence electrons. The van der Waals surface area contributed by atoms with Crippen molar-refractivity contribution in [3.05, 3.63) is 176 Å². The summed E-state index contributed by atoms with van der Waals surface area (Å²) in [5.74, 6) is 1.01. The zero-order valence-electron chi connectivity index (χ0n) is 30.3. The van der Waals surface area contributed by atoms with Gasteiger partial charge in [0, 0.05) is 12.1 Å². The smallest absolute Gasteiger partial charge is 0.141 e. The number of rotatable bonds is 4. The van der Waals surface area contributed by atoms with E-state index in [0.717, 1.165) is 23.4 Å². The average Bonchev–Trinajstić information content (AvgIpc) is 3.63. The maximum absolute atomic E-state index is 5.02. The summed E-state index contributed by atoms with van der Waals surface area (Å²) < 4.78 is 2.30. The number of hydrogen-bond donors (Lipinski definition) is 0. The quantitative estimate of drug-likeness (QED) is 0.167. The van der Waals surface area contributed by atoms with Gasteiger partial charge in [0.1, 0.15) is 5.82 Å². The normalized spacial score (nSPS) is 12.2. The van der Waals surface area contributed by atoms with E-state index in [0.29, 0.717) is 0 Å². The third-order valence-electron chi connectivity index (χ3n) is 12.1. The summed E-state index contributed by atoms with van der Waals surface area (Å²) in [7, 11) is 0. The van der Waals surface area contributed by atoms with Gasteiger partial charge in [-0.25, -0.2) is 4.98 Å². The van der Waals surface area contributed by atoms with Crippen LogP contribution in [0.4, 0.5) is 0 Å². The summed E-state index contributed by atoms with van der Waals surface area (Å²) in [5, 5.41) is 18.1. The van der Waals surface area contributed by atoms with Crippen LogP contribution in [0.15, 0.2) is 176 Å². The first-order valence-electron chi connectivity index (χ1n) is 19.3. The molecule has 0 saturated carbocycles. The molecule has 0 amide bonds. The van der Waals surface area contributed by atoms with E-state index in [2.05, 4.69) is 187 Å². The lowest BCUT2D eigenvalue weighted by atomic mass is 9.84. The SMILES string of the molecule is CCn1c(-c2ccc(-c3ccc(-c4cc5cccc6c7cccc8ccc9cccc(c%10cccc4c%10c56)c9c87)c4ccccc34)cc2)nc2ccccc21. The molecule has 1 aromatic heterocycles. The fourth-order valence-corrected chi connectivity index (χ4v) is 9.73. The Kier molecular flexibility index (Phi) is 6.35. The van der Waals surface area contributed by atoms with Crippen molar-refractivity contribution >= 4 is 86.4 Å². The molecule has 12 aromatic rings. The summed E-state index contributed by atoms with van der Waals surface area (Å²) in [6.07, 6.45) is 0. The molecule has 0 aliphatic heterocycles. The highest BCUT2D eigenvalue weighted by Crippen LogP contribution is 2.47. The molecule has 0 radical (unpaired) electrons. The molecule has 11 aromatic carbocycles. The number of aromatic nitrogens is 2. The first-order valence-corrected chi connectivity index (χ1v) is 19.3. The highest BCUT2D eigenvalue weighted by Gasteiger charge is 2.19. The number of benzene rings is 10. The minimum atomic E-state index is 0.870. The molecular weight excluding hydrogens is 665 g/mol. The lowest BCUT2D eigenvalue weighted by molar-refractivity contribution is 0.796. The summed E-state index contributed by atoms with van der Waals surface area (Å²) in [5.41, 5.74) is 8.27. The van der Waals surface area contributed by atoms with Crippen LogP contribution in [0, 0.1) is 0 Å². The Hall–Kier alpha value is -7.03. The van der Waals surface area contributed by atoms with E-state index in [4.69, 9.17) is 4.98 Å². The molecule has 0 unspecified atom stereocenters. The van der Waals surface area contributed by atoms with Crippen LogP contribution in [-0.2, 0) is 6.54 Å². The first kappa shape index (κ1) is 30.4. The van der Waals surface area contributed by atoms with Crippen LogP contribution in [0.1, 0.15) is 6.92 Å². The van der Waals surface area contributed by atoms with Crippen LogP contribution in [0.2, 0.25) is 0 Å². The standard InChI is InChI=1S/C53H34N2/c1-2-55-48-22-6-5-21-47(48)54-53(55)35-27-23-32(24-28-35)37-29-30-40(39-15-4-3-14-38(37)39)46-31-36-13-9-18-42-41-16-7-11-33-25-26-34-12-8-17-43(50(34)49(33)41)44-19-10-20-45(46)52(44)51(36)42/h3-31H,2H2,1H3. The van der Waals surface area contributed by atoms with Crippen LogP contribution in [0.25, 0.3) is 120 Å². The van der Waals surface area contributed by atoms with Gasteiger partial charge in [-0.05, 0) is 123 Å². The maximum Gasteiger partial charge on any atom is 0.141 e. The molecule has 0 atom stereocenters. The van der Waals surface area contributed by atoms with Crippen molar-refractivity contribution in [3.8, 4) is 33.6 Å². The van der Waals surface area contributed by atoms with Gasteiger partial charge in [0.2, 0.25) is 0 Å². The number of hydrogen-bond acceptors (Lipinski definition) is 1. The van der Waals surface area contributed by atoms with Crippen molar-refractivity contribution in [1.29, 1.82) is 0 Å². The Morgan fingerprint density at radius 2 is 0.891 bits per heavy atom. The number of fused-ring (bicyclic) bond motifs is 4. The molecule has 0 fully saturated rings. The van der Waals surface area contributed by atoms with E-state index >= 15 is 0 Å². The lowest BCUT2D eigenvalue weighted by Gasteiger charge is -2.19. The van der Waals surface area contributed by atoms with Gasteiger partial charge in [-0.15, -0.1) is 0 Å². The second-order valence-corrected chi connectivity index (χ2v) is 14.9. The number of imidazole rings is 1. The van der Waals surface area contributed by atoms with E-state index in [1.165, 1.54) is 103 Å². The number of nitrogens with zero attached hydrogens (tertiary/aromatic N) is 2. The van der Waals surface area contributed by atoms with Crippen LogP contribution in [0.3, 0.4) is 0 Å². The largest absolute Gasteiger partial charge is 0.324 e. The predicted molar refractivity (Wildman–Crippen MR) is 235 cm³/mol. The van der Waals surface area contributed by atoms with Gasteiger partial charge in [0.05, 0.1) is 11.0 Å². The second kappa shape index (κ2) is 11.5. The van der Waals surface area contributed by atoms with Gasteiger partial charge in [0.25, 0.3) is 0 Å². The molecule has 1 heterocycles. The second-order valence-electron chi connectivity index (χ2n) is 14.9.